The SMILES string of the molecule is O=C(NC1CCNC1=O)c1cc(F)cc(NS(=O)(=O)CC2CN(C(c3ccc(Cl)cc3)c3ccc(Cl)cc3)C2)c1. The second-order valence-electron chi connectivity index (χ2n) is 10.0. The summed E-state index contributed by atoms with van der Waals surface area (Å²) in [5.74, 6) is -2.07. The Morgan fingerprint density at radius 1 is 1.00 bits per heavy atom. The number of hydrogen-bond donors (Lipinski definition) is 3. The number of anilines is 1. The Bertz CT molecular complexity index is 1470. The van der Waals surface area contributed by atoms with Crippen LogP contribution in [0.1, 0.15) is 33.9 Å². The normalized spacial score (nSPS) is 17.9. The molecule has 3 aromatic rings. The molecule has 2 aliphatic rings. The summed E-state index contributed by atoms with van der Waals surface area (Å²) < 4.78 is 42.6. The molecule has 0 saturated carbocycles. The Kier molecular flexibility index (Phi) is 8.32. The number of hydrogen-bond acceptors (Lipinski definition) is 5. The first-order valence-electron chi connectivity index (χ1n) is 12.7. The van der Waals surface area contributed by atoms with E-state index in [1.165, 1.54) is 6.07 Å². The smallest absolute Gasteiger partial charge is 0.252 e. The van der Waals surface area contributed by atoms with E-state index in [0.717, 1.165) is 23.3 Å². The average Bonchev–Trinajstić information content (AvgIpc) is 3.28. The second-order valence-corrected chi connectivity index (χ2v) is 12.7. The van der Waals surface area contributed by atoms with Gasteiger partial charge in [0.2, 0.25) is 15.9 Å². The van der Waals surface area contributed by atoms with Crippen molar-refractivity contribution in [3.63, 3.8) is 0 Å². The summed E-state index contributed by atoms with van der Waals surface area (Å²) in [5, 5.41) is 6.40. The van der Waals surface area contributed by atoms with Crippen molar-refractivity contribution in [1.29, 1.82) is 0 Å². The van der Waals surface area contributed by atoms with Crippen molar-refractivity contribution in [2.75, 3.05) is 30.1 Å². The summed E-state index contributed by atoms with van der Waals surface area (Å²) in [7, 11) is -3.85. The minimum Gasteiger partial charge on any atom is -0.354 e. The van der Waals surface area contributed by atoms with E-state index in [9.17, 15) is 22.4 Å². The number of likely N-dealkylation sites (tertiary alicyclic amines) is 1. The number of nitrogens with zero attached hydrogens (tertiary/aromatic N) is 1. The van der Waals surface area contributed by atoms with E-state index in [2.05, 4.69) is 20.3 Å². The number of nitrogens with one attached hydrogen (secondary N) is 3. The number of carbonyl (C=O) groups excluding carboxylic acids is 2. The Morgan fingerprint density at radius 2 is 1.60 bits per heavy atom. The first kappa shape index (κ1) is 28.4. The van der Waals surface area contributed by atoms with Gasteiger partial charge in [-0.15, -0.1) is 0 Å². The molecule has 2 saturated heterocycles. The van der Waals surface area contributed by atoms with Crippen LogP contribution in [0.15, 0.2) is 66.7 Å². The second kappa shape index (κ2) is 11.7. The zero-order chi connectivity index (χ0) is 28.4. The molecular weight excluding hydrogens is 578 g/mol. The number of rotatable bonds is 9. The minimum atomic E-state index is -3.85. The van der Waals surface area contributed by atoms with Crippen LogP contribution in [0.25, 0.3) is 0 Å². The summed E-state index contributed by atoms with van der Waals surface area (Å²) in [6.07, 6.45) is 0.425. The Morgan fingerprint density at radius 3 is 2.15 bits per heavy atom. The van der Waals surface area contributed by atoms with Gasteiger partial charge in [0.25, 0.3) is 5.91 Å². The van der Waals surface area contributed by atoms with Crippen molar-refractivity contribution in [3.8, 4) is 0 Å². The third-order valence-electron chi connectivity index (χ3n) is 6.96. The molecule has 3 N–H and O–H groups in total. The van der Waals surface area contributed by atoms with Gasteiger partial charge >= 0.3 is 0 Å². The molecule has 210 valence electrons. The van der Waals surface area contributed by atoms with Crippen molar-refractivity contribution in [3.05, 3.63) is 99.3 Å². The largest absolute Gasteiger partial charge is 0.354 e. The molecule has 1 unspecified atom stereocenters. The zero-order valence-corrected chi connectivity index (χ0v) is 23.6. The Labute approximate surface area is 241 Å². The molecule has 0 aromatic heterocycles. The molecule has 40 heavy (non-hydrogen) atoms. The monoisotopic (exact) mass is 604 g/mol. The molecular formula is C28H27Cl2FN4O4S. The lowest BCUT2D eigenvalue weighted by molar-refractivity contribution is -0.120. The maximum Gasteiger partial charge on any atom is 0.252 e. The fraction of sp³-hybridized carbons (Fsp3) is 0.286. The van der Waals surface area contributed by atoms with Gasteiger partial charge in [0, 0.05) is 41.2 Å². The van der Waals surface area contributed by atoms with Crippen LogP contribution in [-0.2, 0) is 14.8 Å². The standard InChI is InChI=1S/C28H27Cl2FN4O4S/c29-21-5-1-18(2-6-21)26(19-3-7-22(30)8-4-19)35-14-17(15-35)16-40(38,39)34-24-12-20(11-23(31)13-24)27(36)33-25-9-10-32-28(25)37/h1-8,11-13,17,25-26,34H,9-10,14-16H2,(H,32,37)(H,33,36). The maximum atomic E-state index is 14.3. The highest BCUT2D eigenvalue weighted by atomic mass is 35.5. The highest BCUT2D eigenvalue weighted by molar-refractivity contribution is 7.92. The first-order valence-corrected chi connectivity index (χ1v) is 15.1. The maximum absolute atomic E-state index is 14.3. The molecule has 0 spiro atoms. The molecule has 2 aliphatic heterocycles. The van der Waals surface area contributed by atoms with E-state index >= 15 is 0 Å². The van der Waals surface area contributed by atoms with Gasteiger partial charge in [-0.3, -0.25) is 19.2 Å². The van der Waals surface area contributed by atoms with Gasteiger partial charge in [-0.25, -0.2) is 12.8 Å². The van der Waals surface area contributed by atoms with Gasteiger partial charge in [0.15, 0.2) is 0 Å². The predicted molar refractivity (Wildman–Crippen MR) is 153 cm³/mol. The van der Waals surface area contributed by atoms with Crippen LogP contribution in [0.3, 0.4) is 0 Å². The lowest BCUT2D eigenvalue weighted by Gasteiger charge is -2.44. The molecule has 3 aromatic carbocycles. The minimum absolute atomic E-state index is 0.0580. The van der Waals surface area contributed by atoms with Crippen LogP contribution in [0, 0.1) is 11.7 Å². The Hall–Kier alpha value is -3.18. The van der Waals surface area contributed by atoms with Crippen LogP contribution in [0.5, 0.6) is 0 Å². The molecule has 0 aliphatic carbocycles. The first-order chi connectivity index (χ1) is 19.1. The lowest BCUT2D eigenvalue weighted by Crippen LogP contribution is -2.51. The number of benzene rings is 3. The van der Waals surface area contributed by atoms with Gasteiger partial charge in [-0.2, -0.15) is 0 Å². The fourth-order valence-corrected chi connectivity index (χ4v) is 6.76. The van der Waals surface area contributed by atoms with Crippen molar-refractivity contribution < 1.29 is 22.4 Å². The average molecular weight is 606 g/mol. The van der Waals surface area contributed by atoms with Gasteiger partial charge < -0.3 is 10.6 Å². The van der Waals surface area contributed by atoms with E-state index in [1.807, 2.05) is 48.5 Å². The van der Waals surface area contributed by atoms with Gasteiger partial charge in [-0.1, -0.05) is 47.5 Å². The van der Waals surface area contributed by atoms with Crippen LogP contribution >= 0.6 is 23.2 Å². The molecule has 2 heterocycles. The molecule has 12 heteroatoms. The van der Waals surface area contributed by atoms with E-state index in [-0.39, 0.29) is 34.9 Å². The molecule has 0 radical (unpaired) electrons. The quantitative estimate of drug-likeness (QED) is 0.339. The van der Waals surface area contributed by atoms with E-state index in [4.69, 9.17) is 23.2 Å². The third-order valence-corrected chi connectivity index (χ3v) is 8.93. The van der Waals surface area contributed by atoms with Crippen molar-refractivity contribution in [2.45, 2.75) is 18.5 Å². The van der Waals surface area contributed by atoms with E-state index in [0.29, 0.717) is 36.1 Å². The highest BCUT2D eigenvalue weighted by Gasteiger charge is 2.36. The summed E-state index contributed by atoms with van der Waals surface area (Å²) >= 11 is 12.2. The molecule has 0 bridgehead atoms. The summed E-state index contributed by atoms with van der Waals surface area (Å²) in [6, 6.07) is 17.5. The van der Waals surface area contributed by atoms with Crippen molar-refractivity contribution in [1.82, 2.24) is 15.5 Å². The van der Waals surface area contributed by atoms with Crippen LogP contribution in [-0.4, -0.2) is 56.6 Å². The summed E-state index contributed by atoms with van der Waals surface area (Å²) in [5.41, 5.74) is 1.90. The summed E-state index contributed by atoms with van der Waals surface area (Å²) in [6.45, 7) is 1.49. The molecule has 5 rings (SSSR count). The lowest BCUT2D eigenvalue weighted by atomic mass is 9.91. The number of carbonyl (C=O) groups is 2. The van der Waals surface area contributed by atoms with E-state index in [1.54, 1.807) is 0 Å². The molecule has 8 nitrogen and oxygen atoms in total. The zero-order valence-electron chi connectivity index (χ0n) is 21.2. The summed E-state index contributed by atoms with van der Waals surface area (Å²) in [4.78, 5) is 26.5. The number of sulfonamides is 1. The molecule has 1 atom stereocenters. The van der Waals surface area contributed by atoms with Crippen LogP contribution in [0.2, 0.25) is 10.0 Å². The molecule has 2 fully saturated rings. The number of amides is 2. The molecule has 2 amide bonds. The van der Waals surface area contributed by atoms with Crippen molar-refractivity contribution >= 4 is 50.7 Å². The third kappa shape index (κ3) is 6.75. The predicted octanol–water partition coefficient (Wildman–Crippen LogP) is 4.21. The van der Waals surface area contributed by atoms with Crippen molar-refractivity contribution in [2.24, 2.45) is 5.92 Å². The van der Waals surface area contributed by atoms with Gasteiger partial charge in [0.05, 0.1) is 17.5 Å². The van der Waals surface area contributed by atoms with Crippen LogP contribution in [0.4, 0.5) is 10.1 Å². The van der Waals surface area contributed by atoms with E-state index < -0.39 is 27.8 Å². The van der Waals surface area contributed by atoms with Crippen LogP contribution < -0.4 is 15.4 Å². The fourth-order valence-electron chi connectivity index (χ4n) is 5.11. The topological polar surface area (TPSA) is 108 Å². The van der Waals surface area contributed by atoms with Gasteiger partial charge in [-0.05, 0) is 60.0 Å². The Balaban J connectivity index is 1.24. The highest BCUT2D eigenvalue weighted by Crippen LogP contribution is 2.36. The number of halogens is 3. The van der Waals surface area contributed by atoms with Gasteiger partial charge in [0.1, 0.15) is 11.9 Å².